The summed E-state index contributed by atoms with van der Waals surface area (Å²) in [5.41, 5.74) is -0.451. The highest BCUT2D eigenvalue weighted by Gasteiger charge is 2.27. The highest BCUT2D eigenvalue weighted by atomic mass is 16.5. The second kappa shape index (κ2) is 6.95. The van der Waals surface area contributed by atoms with E-state index in [9.17, 15) is 4.79 Å². The van der Waals surface area contributed by atoms with Crippen molar-refractivity contribution in [1.82, 2.24) is 19.4 Å². The summed E-state index contributed by atoms with van der Waals surface area (Å²) < 4.78 is 12.1. The molecule has 2 aliphatic heterocycles. The van der Waals surface area contributed by atoms with Crippen molar-refractivity contribution in [2.75, 3.05) is 32.9 Å². The molecule has 1 aromatic heterocycles. The number of aliphatic imine (C=N–C) groups is 1. The SMILES string of the molecule is O=c1nc(/N=C/N2CCOCC2)ncn1[C@H]1CC[C@@H](CO)O1. The molecule has 2 saturated heterocycles. The summed E-state index contributed by atoms with van der Waals surface area (Å²) in [6, 6.07) is 0. The van der Waals surface area contributed by atoms with Crippen molar-refractivity contribution in [3.63, 3.8) is 0 Å². The summed E-state index contributed by atoms with van der Waals surface area (Å²) in [5, 5.41) is 9.06. The van der Waals surface area contributed by atoms with Crippen LogP contribution in [0.25, 0.3) is 0 Å². The molecule has 9 heteroatoms. The number of morpholine rings is 1. The number of aliphatic hydroxyl groups excluding tert-OH is 1. The van der Waals surface area contributed by atoms with Gasteiger partial charge >= 0.3 is 5.69 Å². The predicted octanol–water partition coefficient (Wildman–Crippen LogP) is -0.700. The number of hydrogen-bond acceptors (Lipinski definition) is 7. The zero-order chi connectivity index (χ0) is 15.4. The van der Waals surface area contributed by atoms with E-state index in [4.69, 9.17) is 14.6 Å². The lowest BCUT2D eigenvalue weighted by Crippen LogP contribution is -2.35. The Morgan fingerprint density at radius 2 is 2.23 bits per heavy atom. The molecule has 0 amide bonds. The third kappa shape index (κ3) is 3.49. The molecule has 2 fully saturated rings. The molecule has 2 aliphatic rings. The normalized spacial score (nSPS) is 26.0. The molecule has 1 aromatic rings. The summed E-state index contributed by atoms with van der Waals surface area (Å²) >= 11 is 0. The average Bonchev–Trinajstić information content (AvgIpc) is 3.03. The minimum atomic E-state index is -0.451. The van der Waals surface area contributed by atoms with Crippen molar-refractivity contribution >= 4 is 12.3 Å². The maximum Gasteiger partial charge on any atom is 0.354 e. The van der Waals surface area contributed by atoms with Crippen molar-refractivity contribution in [3.05, 3.63) is 16.8 Å². The van der Waals surface area contributed by atoms with Gasteiger partial charge in [0.25, 0.3) is 5.95 Å². The zero-order valence-electron chi connectivity index (χ0n) is 12.2. The molecule has 0 unspecified atom stereocenters. The first-order valence-electron chi connectivity index (χ1n) is 7.34. The predicted molar refractivity (Wildman–Crippen MR) is 77.1 cm³/mol. The number of rotatable bonds is 4. The first-order chi connectivity index (χ1) is 10.8. The molecule has 1 N–H and O–H groups in total. The van der Waals surface area contributed by atoms with E-state index in [1.54, 1.807) is 6.34 Å². The molecule has 9 nitrogen and oxygen atoms in total. The third-order valence-corrected chi connectivity index (χ3v) is 3.70. The fraction of sp³-hybridized carbons (Fsp3) is 0.692. The Morgan fingerprint density at radius 3 is 2.91 bits per heavy atom. The van der Waals surface area contributed by atoms with Crippen LogP contribution < -0.4 is 5.69 Å². The molecule has 0 bridgehead atoms. The van der Waals surface area contributed by atoms with Gasteiger partial charge in [0.2, 0.25) is 0 Å². The van der Waals surface area contributed by atoms with E-state index in [1.807, 2.05) is 4.90 Å². The van der Waals surface area contributed by atoms with Crippen molar-refractivity contribution in [2.24, 2.45) is 4.99 Å². The van der Waals surface area contributed by atoms with Gasteiger partial charge in [0, 0.05) is 13.1 Å². The molecule has 2 atom stereocenters. The lowest BCUT2D eigenvalue weighted by molar-refractivity contribution is -0.0250. The molecule has 0 aliphatic carbocycles. The van der Waals surface area contributed by atoms with Crippen molar-refractivity contribution in [2.45, 2.75) is 25.2 Å². The Morgan fingerprint density at radius 1 is 1.41 bits per heavy atom. The van der Waals surface area contributed by atoms with Crippen molar-refractivity contribution in [1.29, 1.82) is 0 Å². The maximum absolute atomic E-state index is 12.0. The Kier molecular flexibility index (Phi) is 4.76. The van der Waals surface area contributed by atoms with E-state index in [0.29, 0.717) is 26.1 Å². The fourth-order valence-electron chi connectivity index (χ4n) is 2.45. The Bertz CT molecular complexity index is 584. The molecule has 3 rings (SSSR count). The minimum absolute atomic E-state index is 0.0476. The molecule has 0 spiro atoms. The highest BCUT2D eigenvalue weighted by Crippen LogP contribution is 2.26. The summed E-state index contributed by atoms with van der Waals surface area (Å²) in [7, 11) is 0. The fourth-order valence-corrected chi connectivity index (χ4v) is 2.45. The topological polar surface area (TPSA) is 102 Å². The van der Waals surface area contributed by atoms with Gasteiger partial charge in [-0.2, -0.15) is 4.98 Å². The second-order valence-electron chi connectivity index (χ2n) is 5.21. The monoisotopic (exact) mass is 309 g/mol. The summed E-state index contributed by atoms with van der Waals surface area (Å²) in [5.74, 6) is 0.129. The van der Waals surface area contributed by atoms with Crippen LogP contribution in [0.1, 0.15) is 19.1 Å². The van der Waals surface area contributed by atoms with Gasteiger partial charge in [0.15, 0.2) is 0 Å². The lowest BCUT2D eigenvalue weighted by Gasteiger charge is -2.23. The largest absolute Gasteiger partial charge is 0.394 e. The van der Waals surface area contributed by atoms with Crippen LogP contribution in [0, 0.1) is 0 Å². The quantitative estimate of drug-likeness (QED) is 0.579. The van der Waals surface area contributed by atoms with Gasteiger partial charge in [-0.25, -0.2) is 14.8 Å². The maximum atomic E-state index is 12.0. The van der Waals surface area contributed by atoms with Gasteiger partial charge in [-0.05, 0) is 12.8 Å². The van der Waals surface area contributed by atoms with Gasteiger partial charge in [-0.15, -0.1) is 0 Å². The molecule has 120 valence electrons. The highest BCUT2D eigenvalue weighted by molar-refractivity contribution is 5.58. The molecular weight excluding hydrogens is 290 g/mol. The number of ether oxygens (including phenoxy) is 2. The van der Waals surface area contributed by atoms with Crippen LogP contribution in [-0.2, 0) is 9.47 Å². The van der Waals surface area contributed by atoms with Crippen LogP contribution in [0.3, 0.4) is 0 Å². The van der Waals surface area contributed by atoms with Gasteiger partial charge in [-0.1, -0.05) is 0 Å². The van der Waals surface area contributed by atoms with Crippen LogP contribution in [0.4, 0.5) is 5.95 Å². The Hall–Kier alpha value is -1.84. The van der Waals surface area contributed by atoms with Crippen LogP contribution in [0.15, 0.2) is 16.1 Å². The first-order valence-corrected chi connectivity index (χ1v) is 7.34. The zero-order valence-corrected chi connectivity index (χ0v) is 12.2. The number of hydrogen-bond donors (Lipinski definition) is 1. The van der Waals surface area contributed by atoms with Crippen LogP contribution >= 0.6 is 0 Å². The van der Waals surface area contributed by atoms with E-state index in [0.717, 1.165) is 13.1 Å². The average molecular weight is 309 g/mol. The van der Waals surface area contributed by atoms with Gasteiger partial charge in [0.05, 0.1) is 32.3 Å². The Balaban J connectivity index is 1.67. The molecule has 0 saturated carbocycles. The van der Waals surface area contributed by atoms with E-state index in [1.165, 1.54) is 10.9 Å². The molecule has 0 radical (unpaired) electrons. The third-order valence-electron chi connectivity index (χ3n) is 3.70. The van der Waals surface area contributed by atoms with Gasteiger partial charge in [-0.3, -0.25) is 4.57 Å². The molecule has 3 heterocycles. The Labute approximate surface area is 127 Å². The van der Waals surface area contributed by atoms with Crippen molar-refractivity contribution < 1.29 is 14.6 Å². The summed E-state index contributed by atoms with van der Waals surface area (Å²) in [6.45, 7) is 2.81. The van der Waals surface area contributed by atoms with E-state index >= 15 is 0 Å². The summed E-state index contributed by atoms with van der Waals surface area (Å²) in [6.07, 6.45) is 3.76. The van der Waals surface area contributed by atoms with Crippen molar-refractivity contribution in [3.8, 4) is 0 Å². The standard InChI is InChI=1S/C13H19N5O4/c19-7-10-1-2-11(22-10)18-9-15-12(16-13(18)20)14-8-17-3-5-21-6-4-17/h8-11,19H,1-7H2/b14-8+/t10-,11+/m0/s1. The van der Waals surface area contributed by atoms with E-state index in [-0.39, 0.29) is 18.7 Å². The van der Waals surface area contributed by atoms with Crippen LogP contribution in [0.5, 0.6) is 0 Å². The minimum Gasteiger partial charge on any atom is -0.394 e. The van der Waals surface area contributed by atoms with E-state index in [2.05, 4.69) is 15.0 Å². The summed E-state index contributed by atoms with van der Waals surface area (Å²) in [4.78, 5) is 26.1. The molecule has 22 heavy (non-hydrogen) atoms. The number of aliphatic hydroxyl groups is 1. The van der Waals surface area contributed by atoms with Gasteiger partial charge in [0.1, 0.15) is 12.6 Å². The lowest BCUT2D eigenvalue weighted by atomic mass is 10.2. The number of nitrogens with zero attached hydrogens (tertiary/aromatic N) is 5. The van der Waals surface area contributed by atoms with Crippen LogP contribution in [0.2, 0.25) is 0 Å². The molecule has 0 aromatic carbocycles. The van der Waals surface area contributed by atoms with Gasteiger partial charge < -0.3 is 19.5 Å². The van der Waals surface area contributed by atoms with Crippen LogP contribution in [-0.4, -0.2) is 69.9 Å². The smallest absolute Gasteiger partial charge is 0.354 e. The molecular formula is C13H19N5O4. The number of aromatic nitrogens is 3. The van der Waals surface area contributed by atoms with E-state index < -0.39 is 11.9 Å². The second-order valence-corrected chi connectivity index (χ2v) is 5.21. The first kappa shape index (κ1) is 15.1.